The Morgan fingerprint density at radius 1 is 0.917 bits per heavy atom. The lowest BCUT2D eigenvalue weighted by atomic mass is 10.2. The first kappa shape index (κ1) is 14.5. The normalized spacial score (nSPS) is 10.9. The van der Waals surface area contributed by atoms with E-state index in [1.807, 2.05) is 24.3 Å². The van der Waals surface area contributed by atoms with Crippen molar-refractivity contribution in [2.45, 2.75) is 6.54 Å². The second kappa shape index (κ2) is 6.20. The molecule has 0 aliphatic heterocycles. The van der Waals surface area contributed by atoms with Crippen LogP contribution in [0.1, 0.15) is 5.56 Å². The number of rotatable bonds is 4. The molecule has 0 fully saturated rings. The summed E-state index contributed by atoms with van der Waals surface area (Å²) in [7, 11) is 1.67. The van der Waals surface area contributed by atoms with E-state index in [4.69, 9.17) is 9.15 Å². The number of hydrogen-bond acceptors (Lipinski definition) is 2. The minimum atomic E-state index is 0.837. The monoisotopic (exact) mass is 316 g/mol. The van der Waals surface area contributed by atoms with Crippen molar-refractivity contribution in [2.75, 3.05) is 7.11 Å². The number of pyridine rings is 1. The van der Waals surface area contributed by atoms with Crippen molar-refractivity contribution in [3.63, 3.8) is 0 Å². The van der Waals surface area contributed by atoms with Crippen LogP contribution < -0.4 is 9.30 Å². The Balaban J connectivity index is 1.60. The lowest BCUT2D eigenvalue weighted by Gasteiger charge is -1.99. The quantitative estimate of drug-likeness (QED) is 0.520. The fourth-order valence-electron chi connectivity index (χ4n) is 2.81. The maximum absolute atomic E-state index is 5.95. The standard InChI is InChI=1S/C21H18NO2/c1-23-19-7-8-20-18(13-19)14-21(24-20)17-9-11-22(12-10-17)15-16-5-3-2-4-6-16/h2-14H,15H2,1H3/q+1. The Labute approximate surface area is 140 Å². The van der Waals surface area contributed by atoms with E-state index in [1.165, 1.54) is 5.56 Å². The van der Waals surface area contributed by atoms with Crippen molar-refractivity contribution >= 4 is 11.0 Å². The van der Waals surface area contributed by atoms with Gasteiger partial charge < -0.3 is 9.15 Å². The van der Waals surface area contributed by atoms with Gasteiger partial charge in [-0.15, -0.1) is 0 Å². The predicted molar refractivity (Wildman–Crippen MR) is 93.9 cm³/mol. The topological polar surface area (TPSA) is 26.2 Å². The van der Waals surface area contributed by atoms with Crippen LogP contribution in [-0.4, -0.2) is 7.11 Å². The fourth-order valence-corrected chi connectivity index (χ4v) is 2.81. The molecule has 4 rings (SSSR count). The first-order valence-corrected chi connectivity index (χ1v) is 7.93. The second-order valence-corrected chi connectivity index (χ2v) is 5.76. The van der Waals surface area contributed by atoms with Crippen LogP contribution in [0.3, 0.4) is 0 Å². The van der Waals surface area contributed by atoms with Crippen LogP contribution >= 0.6 is 0 Å². The fraction of sp³-hybridized carbons (Fsp3) is 0.0952. The molecule has 0 saturated heterocycles. The summed E-state index contributed by atoms with van der Waals surface area (Å²) < 4.78 is 13.4. The largest absolute Gasteiger partial charge is 0.497 e. The number of fused-ring (bicyclic) bond motifs is 1. The number of benzene rings is 2. The zero-order chi connectivity index (χ0) is 16.4. The molecule has 0 N–H and O–H groups in total. The first-order chi connectivity index (χ1) is 11.8. The summed E-state index contributed by atoms with van der Waals surface area (Å²) in [6.45, 7) is 0.860. The van der Waals surface area contributed by atoms with Crippen molar-refractivity contribution in [2.24, 2.45) is 0 Å². The molecule has 3 heteroatoms. The summed E-state index contributed by atoms with van der Waals surface area (Å²) >= 11 is 0. The minimum absolute atomic E-state index is 0.837. The van der Waals surface area contributed by atoms with E-state index in [1.54, 1.807) is 7.11 Å². The average molecular weight is 316 g/mol. The zero-order valence-electron chi connectivity index (χ0n) is 13.5. The van der Waals surface area contributed by atoms with Crippen LogP contribution in [0.4, 0.5) is 0 Å². The van der Waals surface area contributed by atoms with E-state index in [0.717, 1.165) is 34.6 Å². The number of methoxy groups -OCH3 is 1. The Morgan fingerprint density at radius 3 is 2.46 bits per heavy atom. The van der Waals surface area contributed by atoms with Gasteiger partial charge in [0.15, 0.2) is 18.9 Å². The molecule has 0 unspecified atom stereocenters. The first-order valence-electron chi connectivity index (χ1n) is 7.93. The minimum Gasteiger partial charge on any atom is -0.497 e. The van der Waals surface area contributed by atoms with E-state index >= 15 is 0 Å². The van der Waals surface area contributed by atoms with E-state index in [-0.39, 0.29) is 0 Å². The summed E-state index contributed by atoms with van der Waals surface area (Å²) in [6, 6.07) is 22.5. The molecular formula is C21H18NO2+. The maximum Gasteiger partial charge on any atom is 0.173 e. The molecule has 24 heavy (non-hydrogen) atoms. The molecule has 0 bridgehead atoms. The third-order valence-corrected chi connectivity index (χ3v) is 4.11. The summed E-state index contributed by atoms with van der Waals surface area (Å²) in [5.41, 5.74) is 3.22. The zero-order valence-corrected chi connectivity index (χ0v) is 13.5. The Hall–Kier alpha value is -3.07. The molecular weight excluding hydrogens is 298 g/mol. The smallest absolute Gasteiger partial charge is 0.173 e. The molecule has 3 nitrogen and oxygen atoms in total. The van der Waals surface area contributed by atoms with E-state index < -0.39 is 0 Å². The van der Waals surface area contributed by atoms with Gasteiger partial charge >= 0.3 is 0 Å². The summed E-state index contributed by atoms with van der Waals surface area (Å²) in [5, 5.41) is 1.05. The molecule has 118 valence electrons. The van der Waals surface area contributed by atoms with Gasteiger partial charge in [-0.05, 0) is 24.3 Å². The van der Waals surface area contributed by atoms with E-state index in [0.29, 0.717) is 0 Å². The molecule has 2 aromatic carbocycles. The average Bonchev–Trinajstić information content (AvgIpc) is 3.06. The van der Waals surface area contributed by atoms with Crippen molar-refractivity contribution in [3.05, 3.63) is 84.7 Å². The van der Waals surface area contributed by atoms with Gasteiger partial charge in [0.1, 0.15) is 17.1 Å². The molecule has 0 radical (unpaired) electrons. The maximum atomic E-state index is 5.95. The van der Waals surface area contributed by atoms with Crippen LogP contribution in [0.2, 0.25) is 0 Å². The Morgan fingerprint density at radius 2 is 1.71 bits per heavy atom. The van der Waals surface area contributed by atoms with Gasteiger partial charge in [-0.2, -0.15) is 0 Å². The van der Waals surface area contributed by atoms with Crippen molar-refractivity contribution < 1.29 is 13.7 Å². The van der Waals surface area contributed by atoms with Crippen LogP contribution in [0.5, 0.6) is 5.75 Å². The molecule has 0 saturated carbocycles. The molecule has 0 amide bonds. The van der Waals surface area contributed by atoms with Gasteiger partial charge in [-0.3, -0.25) is 0 Å². The molecule has 0 atom stereocenters. The summed E-state index contributed by atoms with van der Waals surface area (Å²) in [5.74, 6) is 1.70. The third kappa shape index (κ3) is 2.88. The Kier molecular flexibility index (Phi) is 3.75. The summed E-state index contributed by atoms with van der Waals surface area (Å²) in [4.78, 5) is 0. The van der Waals surface area contributed by atoms with Gasteiger partial charge in [0.25, 0.3) is 0 Å². The van der Waals surface area contributed by atoms with Crippen molar-refractivity contribution in [3.8, 4) is 17.1 Å². The number of hydrogen-bond donors (Lipinski definition) is 0. The lowest BCUT2D eigenvalue weighted by molar-refractivity contribution is -0.688. The Bertz CT molecular complexity index is 956. The highest BCUT2D eigenvalue weighted by molar-refractivity contribution is 5.83. The number of nitrogens with zero attached hydrogens (tertiary/aromatic N) is 1. The van der Waals surface area contributed by atoms with E-state index in [2.05, 4.69) is 59.4 Å². The highest BCUT2D eigenvalue weighted by Gasteiger charge is 2.09. The van der Waals surface area contributed by atoms with E-state index in [9.17, 15) is 0 Å². The van der Waals surface area contributed by atoms with Gasteiger partial charge in [-0.25, -0.2) is 4.57 Å². The molecule has 2 aromatic heterocycles. The molecule has 2 heterocycles. The molecule has 0 aliphatic rings. The predicted octanol–water partition coefficient (Wildman–Crippen LogP) is 4.44. The molecule has 0 spiro atoms. The van der Waals surface area contributed by atoms with Crippen LogP contribution in [0, 0.1) is 0 Å². The summed E-state index contributed by atoms with van der Waals surface area (Å²) in [6.07, 6.45) is 4.16. The highest BCUT2D eigenvalue weighted by atomic mass is 16.5. The van der Waals surface area contributed by atoms with Crippen LogP contribution in [-0.2, 0) is 6.54 Å². The third-order valence-electron chi connectivity index (χ3n) is 4.11. The molecule has 4 aromatic rings. The van der Waals surface area contributed by atoms with Gasteiger partial charge in [0.05, 0.1) is 7.11 Å². The lowest BCUT2D eigenvalue weighted by Crippen LogP contribution is -2.32. The second-order valence-electron chi connectivity index (χ2n) is 5.76. The SMILES string of the molecule is COc1ccc2oc(-c3cc[n+](Cc4ccccc4)cc3)cc2c1. The number of furan rings is 1. The number of aromatic nitrogens is 1. The van der Waals surface area contributed by atoms with Gasteiger partial charge in [0.2, 0.25) is 0 Å². The van der Waals surface area contributed by atoms with Gasteiger partial charge in [-0.1, -0.05) is 30.3 Å². The van der Waals surface area contributed by atoms with Crippen LogP contribution in [0.15, 0.2) is 83.5 Å². The number of ether oxygens (including phenoxy) is 1. The van der Waals surface area contributed by atoms with Crippen molar-refractivity contribution in [1.82, 2.24) is 0 Å². The molecule has 0 aliphatic carbocycles. The van der Waals surface area contributed by atoms with Gasteiger partial charge in [0, 0.05) is 28.6 Å². The van der Waals surface area contributed by atoms with Crippen LogP contribution in [0.25, 0.3) is 22.3 Å². The van der Waals surface area contributed by atoms with Crippen molar-refractivity contribution in [1.29, 1.82) is 0 Å². The highest BCUT2D eigenvalue weighted by Crippen LogP contribution is 2.29.